The molecule has 1 aliphatic rings. The third-order valence-electron chi connectivity index (χ3n) is 3.17. The number of unbranched alkanes of at least 4 members (excludes halogenated alkanes) is 1. The van der Waals surface area contributed by atoms with Crippen molar-refractivity contribution in [1.82, 2.24) is 9.80 Å². The number of amides is 1. The summed E-state index contributed by atoms with van der Waals surface area (Å²) in [7, 11) is 1.93. The molecule has 2 N–H and O–H groups in total. The molecule has 0 spiro atoms. The molecule has 0 bridgehead atoms. The van der Waals surface area contributed by atoms with Crippen LogP contribution in [0.25, 0.3) is 0 Å². The lowest BCUT2D eigenvalue weighted by Gasteiger charge is -2.13. The van der Waals surface area contributed by atoms with Gasteiger partial charge in [0.1, 0.15) is 6.10 Å². The molecule has 7 heteroatoms. The van der Waals surface area contributed by atoms with Gasteiger partial charge < -0.3 is 19.8 Å². The van der Waals surface area contributed by atoms with Crippen molar-refractivity contribution < 1.29 is 24.5 Å². The number of carbonyl (C=O) groups is 2. The van der Waals surface area contributed by atoms with Crippen LogP contribution in [0.2, 0.25) is 0 Å². The first-order valence-corrected chi connectivity index (χ1v) is 6.97. The molecule has 118 valence electrons. The lowest BCUT2D eigenvalue weighted by atomic mass is 10.3. The summed E-state index contributed by atoms with van der Waals surface area (Å²) in [4.78, 5) is 25.1. The van der Waals surface area contributed by atoms with E-state index in [0.717, 1.165) is 13.0 Å². The number of hydrogen-bond acceptors (Lipinski definition) is 5. The smallest absolute Gasteiger partial charge is 0.450 e. The number of carbonyl (C=O) groups excluding carboxylic acids is 1. The summed E-state index contributed by atoms with van der Waals surface area (Å²) >= 11 is 0. The van der Waals surface area contributed by atoms with Crippen molar-refractivity contribution in [2.75, 3.05) is 39.8 Å². The average Bonchev–Trinajstić information content (AvgIpc) is 2.74. The zero-order chi connectivity index (χ0) is 15.7. The molecule has 0 radical (unpaired) electrons. The van der Waals surface area contributed by atoms with Crippen LogP contribution < -0.4 is 0 Å². The van der Waals surface area contributed by atoms with Gasteiger partial charge in [-0.05, 0) is 32.9 Å². The van der Waals surface area contributed by atoms with E-state index in [9.17, 15) is 14.7 Å². The molecule has 0 aromatic carbocycles. The summed E-state index contributed by atoms with van der Waals surface area (Å²) in [5.41, 5.74) is 0. The van der Waals surface area contributed by atoms with Crippen molar-refractivity contribution in [1.29, 1.82) is 0 Å². The highest BCUT2D eigenvalue weighted by molar-refractivity contribution is 5.82. The Hall–Kier alpha value is -1.78. The molecule has 1 unspecified atom stereocenters. The molecule has 1 heterocycles. The van der Waals surface area contributed by atoms with Gasteiger partial charge in [0, 0.05) is 6.54 Å². The number of carboxylic acid groups (broad SMARTS) is 1. The van der Waals surface area contributed by atoms with Crippen molar-refractivity contribution in [3.63, 3.8) is 0 Å². The first-order valence-electron chi connectivity index (χ1n) is 6.97. The van der Waals surface area contributed by atoms with Gasteiger partial charge in [0.25, 0.3) is 5.91 Å². The van der Waals surface area contributed by atoms with E-state index in [1.54, 1.807) is 4.90 Å². The number of aliphatic hydroxyl groups is 1. The van der Waals surface area contributed by atoms with E-state index < -0.39 is 12.3 Å². The fourth-order valence-electron chi connectivity index (χ4n) is 1.94. The van der Waals surface area contributed by atoms with Gasteiger partial charge in [0.2, 0.25) is 0 Å². The van der Waals surface area contributed by atoms with Crippen LogP contribution in [0.5, 0.6) is 0 Å². The zero-order valence-corrected chi connectivity index (χ0v) is 12.2. The van der Waals surface area contributed by atoms with E-state index in [1.807, 2.05) is 11.9 Å². The molecule has 7 nitrogen and oxygen atoms in total. The second-order valence-electron chi connectivity index (χ2n) is 4.98. The molecular formula is C14H22N2O5. The summed E-state index contributed by atoms with van der Waals surface area (Å²) in [5.74, 6) is 5.67. The topological polar surface area (TPSA) is 90.3 Å². The SMILES string of the molecule is CN(CC#CCN1CCC(O)C1=O)CCCCOC(=O)O. The van der Waals surface area contributed by atoms with Gasteiger partial charge in [-0.25, -0.2) is 4.79 Å². The zero-order valence-electron chi connectivity index (χ0n) is 12.2. The first-order chi connectivity index (χ1) is 10.0. The molecule has 0 saturated carbocycles. The molecule has 21 heavy (non-hydrogen) atoms. The highest BCUT2D eigenvalue weighted by Crippen LogP contribution is 2.09. The molecule has 1 aliphatic heterocycles. The largest absolute Gasteiger partial charge is 0.505 e. The van der Waals surface area contributed by atoms with Gasteiger partial charge in [-0.2, -0.15) is 0 Å². The van der Waals surface area contributed by atoms with Crippen LogP contribution in [0.4, 0.5) is 4.79 Å². The van der Waals surface area contributed by atoms with Gasteiger partial charge in [-0.1, -0.05) is 11.8 Å². The monoisotopic (exact) mass is 298 g/mol. The van der Waals surface area contributed by atoms with Crippen LogP contribution in [0.15, 0.2) is 0 Å². The Kier molecular flexibility index (Phi) is 7.58. The Bertz CT molecular complexity index is 415. The number of likely N-dealkylation sites (tertiary alicyclic amines) is 1. The van der Waals surface area contributed by atoms with Crippen LogP contribution in [0.1, 0.15) is 19.3 Å². The van der Waals surface area contributed by atoms with Crippen LogP contribution in [0.3, 0.4) is 0 Å². The molecular weight excluding hydrogens is 276 g/mol. The minimum Gasteiger partial charge on any atom is -0.450 e. The minimum atomic E-state index is -1.24. The van der Waals surface area contributed by atoms with Crippen LogP contribution in [-0.4, -0.2) is 78.0 Å². The lowest BCUT2D eigenvalue weighted by molar-refractivity contribution is -0.133. The lowest BCUT2D eigenvalue weighted by Crippen LogP contribution is -2.29. The standard InChI is InChI=1S/C14H22N2O5/c1-15(8-4-5-11-21-14(19)20)7-2-3-9-16-10-6-12(17)13(16)18/h12,17H,4-11H2,1H3,(H,19,20). The highest BCUT2D eigenvalue weighted by atomic mass is 16.7. The van der Waals surface area contributed by atoms with Gasteiger partial charge in [0.05, 0.1) is 19.7 Å². The van der Waals surface area contributed by atoms with Crippen molar-refractivity contribution in [2.45, 2.75) is 25.4 Å². The van der Waals surface area contributed by atoms with Crippen LogP contribution >= 0.6 is 0 Å². The second kappa shape index (κ2) is 9.21. The van der Waals surface area contributed by atoms with Crippen molar-refractivity contribution in [3.05, 3.63) is 0 Å². The van der Waals surface area contributed by atoms with Crippen LogP contribution in [-0.2, 0) is 9.53 Å². The van der Waals surface area contributed by atoms with Crippen LogP contribution in [0, 0.1) is 11.8 Å². The molecule has 0 aromatic rings. The van der Waals surface area contributed by atoms with E-state index >= 15 is 0 Å². The maximum absolute atomic E-state index is 11.4. The Labute approximate surface area is 124 Å². The molecule has 1 atom stereocenters. The summed E-state index contributed by atoms with van der Waals surface area (Å²) < 4.78 is 4.41. The fraction of sp³-hybridized carbons (Fsp3) is 0.714. The fourth-order valence-corrected chi connectivity index (χ4v) is 1.94. The molecule has 0 aliphatic carbocycles. The van der Waals surface area contributed by atoms with E-state index in [2.05, 4.69) is 16.6 Å². The quantitative estimate of drug-likeness (QED) is 0.390. The summed E-state index contributed by atoms with van der Waals surface area (Å²) in [6.07, 6.45) is -0.0935. The van der Waals surface area contributed by atoms with Crippen molar-refractivity contribution in [2.24, 2.45) is 0 Å². The molecule has 1 saturated heterocycles. The Morgan fingerprint density at radius 2 is 2.24 bits per heavy atom. The summed E-state index contributed by atoms with van der Waals surface area (Å²) in [6.45, 7) is 2.53. The summed E-state index contributed by atoms with van der Waals surface area (Å²) in [6, 6.07) is 0. The minimum absolute atomic E-state index is 0.217. The second-order valence-corrected chi connectivity index (χ2v) is 4.98. The Balaban J connectivity index is 2.08. The van der Waals surface area contributed by atoms with Gasteiger partial charge >= 0.3 is 6.16 Å². The number of nitrogens with zero attached hydrogens (tertiary/aromatic N) is 2. The van der Waals surface area contributed by atoms with Crippen molar-refractivity contribution in [3.8, 4) is 11.8 Å². The number of rotatable bonds is 7. The predicted octanol–water partition coefficient (Wildman–Crippen LogP) is -0.0104. The molecule has 1 rings (SSSR count). The normalized spacial score (nSPS) is 17.8. The summed E-state index contributed by atoms with van der Waals surface area (Å²) in [5, 5.41) is 17.6. The van der Waals surface area contributed by atoms with Gasteiger partial charge in [-0.15, -0.1) is 0 Å². The average molecular weight is 298 g/mol. The third-order valence-corrected chi connectivity index (χ3v) is 3.17. The Morgan fingerprint density at radius 1 is 1.48 bits per heavy atom. The number of aliphatic hydroxyl groups excluding tert-OH is 1. The van der Waals surface area contributed by atoms with Crippen molar-refractivity contribution >= 4 is 12.1 Å². The highest BCUT2D eigenvalue weighted by Gasteiger charge is 2.28. The van der Waals surface area contributed by atoms with E-state index in [4.69, 9.17) is 5.11 Å². The van der Waals surface area contributed by atoms with Gasteiger partial charge in [0.15, 0.2) is 0 Å². The van der Waals surface area contributed by atoms with E-state index in [0.29, 0.717) is 32.5 Å². The van der Waals surface area contributed by atoms with E-state index in [-0.39, 0.29) is 12.5 Å². The van der Waals surface area contributed by atoms with E-state index in [1.165, 1.54) is 0 Å². The number of hydrogen-bond donors (Lipinski definition) is 2. The molecule has 1 amide bonds. The Morgan fingerprint density at radius 3 is 2.86 bits per heavy atom. The predicted molar refractivity (Wildman–Crippen MR) is 75.7 cm³/mol. The maximum Gasteiger partial charge on any atom is 0.505 e. The molecule has 0 aromatic heterocycles. The van der Waals surface area contributed by atoms with Gasteiger partial charge in [-0.3, -0.25) is 9.69 Å². The molecule has 1 fully saturated rings. The number of ether oxygens (including phenoxy) is 1. The maximum atomic E-state index is 11.4. The third kappa shape index (κ3) is 6.97. The first kappa shape index (κ1) is 17.3.